The number of hydrogen-bond donors (Lipinski definition) is 0. The molecule has 1 atom stereocenters. The summed E-state index contributed by atoms with van der Waals surface area (Å²) in [6, 6.07) is 8.11. The van der Waals surface area contributed by atoms with Crippen LogP contribution in [0.4, 0.5) is 0 Å². The van der Waals surface area contributed by atoms with E-state index in [0.717, 1.165) is 14.2 Å². The first-order valence-electron chi connectivity index (χ1n) is 6.49. The maximum Gasteiger partial charge on any atom is 0.0851 e. The first kappa shape index (κ1) is 16.1. The van der Waals surface area contributed by atoms with Gasteiger partial charge in [0.25, 0.3) is 0 Å². The summed E-state index contributed by atoms with van der Waals surface area (Å²) in [6.45, 7) is 8.56. The number of aryl methyl sites for hydroxylation is 2. The zero-order valence-corrected chi connectivity index (χ0v) is 15.7. The Labute approximate surface area is 144 Å². The molecule has 2 aromatic carbocycles. The fourth-order valence-electron chi connectivity index (χ4n) is 2.49. The minimum Gasteiger partial charge on any atom is -0.113 e. The van der Waals surface area contributed by atoms with Gasteiger partial charge in [-0.05, 0) is 102 Å². The van der Waals surface area contributed by atoms with Gasteiger partial charge in [0.2, 0.25) is 0 Å². The van der Waals surface area contributed by atoms with Crippen LogP contribution >= 0.6 is 45.8 Å². The van der Waals surface area contributed by atoms with Gasteiger partial charge in [-0.15, -0.1) is 11.6 Å². The highest BCUT2D eigenvalue weighted by atomic mass is 127. The monoisotopic (exact) mass is 418 g/mol. The maximum atomic E-state index is 6.80. The van der Waals surface area contributed by atoms with Gasteiger partial charge in [0.1, 0.15) is 0 Å². The Hall–Kier alpha value is -0.250. The van der Waals surface area contributed by atoms with Crippen molar-refractivity contribution in [2.45, 2.75) is 33.1 Å². The third-order valence-electron chi connectivity index (χ3n) is 3.91. The SMILES string of the molecule is Cc1cc(C)c(C)c(C(Cl)c2cc(Cl)ccc2I)c1C. The minimum atomic E-state index is -0.167. The van der Waals surface area contributed by atoms with Crippen molar-refractivity contribution in [3.63, 3.8) is 0 Å². The van der Waals surface area contributed by atoms with Crippen molar-refractivity contribution >= 4 is 45.8 Å². The summed E-state index contributed by atoms with van der Waals surface area (Å²) in [7, 11) is 0. The molecule has 20 heavy (non-hydrogen) atoms. The van der Waals surface area contributed by atoms with Gasteiger partial charge in [-0.25, -0.2) is 0 Å². The summed E-state index contributed by atoms with van der Waals surface area (Å²) in [4.78, 5) is 0. The predicted molar refractivity (Wildman–Crippen MR) is 97.3 cm³/mol. The molecule has 0 bridgehead atoms. The Morgan fingerprint density at radius 1 is 0.950 bits per heavy atom. The van der Waals surface area contributed by atoms with Crippen LogP contribution in [0.3, 0.4) is 0 Å². The second kappa shape index (κ2) is 6.25. The molecule has 0 radical (unpaired) electrons. The van der Waals surface area contributed by atoms with E-state index in [9.17, 15) is 0 Å². The minimum absolute atomic E-state index is 0.167. The van der Waals surface area contributed by atoms with E-state index in [1.54, 1.807) is 0 Å². The third-order valence-corrected chi connectivity index (χ3v) is 5.58. The number of benzene rings is 2. The van der Waals surface area contributed by atoms with E-state index in [1.807, 2.05) is 18.2 Å². The smallest absolute Gasteiger partial charge is 0.0851 e. The van der Waals surface area contributed by atoms with Crippen molar-refractivity contribution in [1.29, 1.82) is 0 Å². The van der Waals surface area contributed by atoms with Crippen molar-refractivity contribution in [3.8, 4) is 0 Å². The number of alkyl halides is 1. The third kappa shape index (κ3) is 3.00. The molecule has 0 spiro atoms. The fourth-order valence-corrected chi connectivity index (χ4v) is 4.01. The molecular formula is C17H17Cl2I. The first-order chi connectivity index (χ1) is 9.32. The summed E-state index contributed by atoms with van der Waals surface area (Å²) >= 11 is 15.2. The van der Waals surface area contributed by atoms with Crippen LogP contribution in [0.15, 0.2) is 24.3 Å². The molecule has 0 aliphatic heterocycles. The average molecular weight is 419 g/mol. The van der Waals surface area contributed by atoms with Gasteiger partial charge in [0.15, 0.2) is 0 Å². The summed E-state index contributed by atoms with van der Waals surface area (Å²) in [5.41, 5.74) is 7.39. The van der Waals surface area contributed by atoms with E-state index in [0.29, 0.717) is 0 Å². The van der Waals surface area contributed by atoms with Gasteiger partial charge in [-0.1, -0.05) is 17.7 Å². The molecule has 0 fully saturated rings. The van der Waals surface area contributed by atoms with Gasteiger partial charge in [-0.3, -0.25) is 0 Å². The molecule has 1 unspecified atom stereocenters. The van der Waals surface area contributed by atoms with E-state index in [-0.39, 0.29) is 5.38 Å². The lowest BCUT2D eigenvalue weighted by Gasteiger charge is -2.21. The van der Waals surface area contributed by atoms with Crippen LogP contribution in [0.25, 0.3) is 0 Å². The Balaban J connectivity index is 2.65. The lowest BCUT2D eigenvalue weighted by atomic mass is 9.90. The van der Waals surface area contributed by atoms with Crippen molar-refractivity contribution < 1.29 is 0 Å². The van der Waals surface area contributed by atoms with Crippen LogP contribution in [0.2, 0.25) is 5.02 Å². The molecule has 0 aliphatic rings. The standard InChI is InChI=1S/C17H17Cl2I/c1-9-7-10(2)12(4)16(11(9)3)17(19)14-8-13(18)5-6-15(14)20/h5-8,17H,1-4H3. The molecule has 106 valence electrons. The van der Waals surface area contributed by atoms with Crippen LogP contribution in [-0.2, 0) is 0 Å². The highest BCUT2D eigenvalue weighted by Crippen LogP contribution is 2.38. The highest BCUT2D eigenvalue weighted by Gasteiger charge is 2.20. The molecule has 0 saturated carbocycles. The largest absolute Gasteiger partial charge is 0.113 e. The van der Waals surface area contributed by atoms with Crippen LogP contribution in [0, 0.1) is 31.3 Å². The van der Waals surface area contributed by atoms with E-state index >= 15 is 0 Å². The number of rotatable bonds is 2. The van der Waals surface area contributed by atoms with Gasteiger partial charge in [-0.2, -0.15) is 0 Å². The lowest BCUT2D eigenvalue weighted by Crippen LogP contribution is -2.05. The summed E-state index contributed by atoms with van der Waals surface area (Å²) in [5, 5.41) is 0.560. The summed E-state index contributed by atoms with van der Waals surface area (Å²) in [5.74, 6) is 0. The number of hydrogen-bond acceptors (Lipinski definition) is 0. The summed E-state index contributed by atoms with van der Waals surface area (Å²) in [6.07, 6.45) is 0. The molecule has 0 N–H and O–H groups in total. The van der Waals surface area contributed by atoms with Gasteiger partial charge >= 0.3 is 0 Å². The summed E-state index contributed by atoms with van der Waals surface area (Å²) < 4.78 is 1.14. The molecule has 0 aliphatic carbocycles. The normalized spacial score (nSPS) is 12.6. The molecule has 0 saturated heterocycles. The predicted octanol–water partition coefficient (Wildman–Crippen LogP) is 6.51. The molecular weight excluding hydrogens is 402 g/mol. The second-order valence-corrected chi connectivity index (χ2v) is 7.24. The molecule has 0 heterocycles. The molecule has 0 aromatic heterocycles. The van der Waals surface area contributed by atoms with Gasteiger partial charge < -0.3 is 0 Å². The van der Waals surface area contributed by atoms with Crippen LogP contribution in [-0.4, -0.2) is 0 Å². The van der Waals surface area contributed by atoms with Crippen molar-refractivity contribution in [3.05, 3.63) is 66.2 Å². The first-order valence-corrected chi connectivity index (χ1v) is 8.38. The van der Waals surface area contributed by atoms with Gasteiger partial charge in [0.05, 0.1) is 5.38 Å². The van der Waals surface area contributed by atoms with Gasteiger partial charge in [0, 0.05) is 8.59 Å². The zero-order chi connectivity index (χ0) is 15.0. The van der Waals surface area contributed by atoms with E-state index < -0.39 is 0 Å². The Kier molecular flexibility index (Phi) is 5.04. The highest BCUT2D eigenvalue weighted by molar-refractivity contribution is 14.1. The van der Waals surface area contributed by atoms with E-state index in [4.69, 9.17) is 23.2 Å². The Morgan fingerprint density at radius 2 is 1.50 bits per heavy atom. The van der Waals surface area contributed by atoms with E-state index in [1.165, 1.54) is 27.8 Å². The lowest BCUT2D eigenvalue weighted by molar-refractivity contribution is 1.05. The Morgan fingerprint density at radius 3 is 2.05 bits per heavy atom. The van der Waals surface area contributed by atoms with Crippen molar-refractivity contribution in [2.75, 3.05) is 0 Å². The molecule has 0 amide bonds. The maximum absolute atomic E-state index is 6.80. The van der Waals surface area contributed by atoms with Crippen molar-refractivity contribution in [2.24, 2.45) is 0 Å². The topological polar surface area (TPSA) is 0 Å². The van der Waals surface area contributed by atoms with Crippen LogP contribution in [0.5, 0.6) is 0 Å². The van der Waals surface area contributed by atoms with Crippen LogP contribution < -0.4 is 0 Å². The van der Waals surface area contributed by atoms with Crippen LogP contribution in [0.1, 0.15) is 38.8 Å². The molecule has 0 nitrogen and oxygen atoms in total. The molecule has 2 rings (SSSR count). The fraction of sp³-hybridized carbons (Fsp3) is 0.294. The zero-order valence-electron chi connectivity index (χ0n) is 12.0. The van der Waals surface area contributed by atoms with Crippen molar-refractivity contribution in [1.82, 2.24) is 0 Å². The molecule has 3 heteroatoms. The Bertz CT molecular complexity index is 636. The van der Waals surface area contributed by atoms with E-state index in [2.05, 4.69) is 56.4 Å². The quantitative estimate of drug-likeness (QED) is 0.385. The number of halogens is 3. The molecule has 2 aromatic rings. The average Bonchev–Trinajstić information content (AvgIpc) is 2.39. The second-order valence-electron chi connectivity index (χ2n) is 5.20.